The summed E-state index contributed by atoms with van der Waals surface area (Å²) in [6.07, 6.45) is 0.831. The van der Waals surface area contributed by atoms with Crippen molar-refractivity contribution < 1.29 is 18.8 Å². The van der Waals surface area contributed by atoms with Crippen LogP contribution in [-0.4, -0.2) is 17.0 Å². The normalized spacial score (nSPS) is 17.1. The molecule has 0 heterocycles. The van der Waals surface area contributed by atoms with Crippen molar-refractivity contribution in [3.63, 3.8) is 0 Å². The molecule has 0 saturated heterocycles. The Morgan fingerprint density at radius 3 is 2.58 bits per heavy atom. The first-order chi connectivity index (χ1) is 8.90. The van der Waals surface area contributed by atoms with Crippen LogP contribution in [0.15, 0.2) is 21.8 Å². The lowest BCUT2D eigenvalue weighted by Crippen LogP contribution is -2.36. The molecule has 8 heteroatoms. The first kappa shape index (κ1) is 13.7. The number of amides is 1. The van der Waals surface area contributed by atoms with Gasteiger partial charge in [0.05, 0.1) is 10.2 Å². The monoisotopic (exact) mass is 333 g/mol. The van der Waals surface area contributed by atoms with Gasteiger partial charge in [-0.25, -0.2) is 8.78 Å². The Hall–Kier alpha value is -1.70. The van der Waals surface area contributed by atoms with Crippen LogP contribution in [-0.2, 0) is 4.79 Å². The molecule has 1 aliphatic rings. The van der Waals surface area contributed by atoms with Crippen molar-refractivity contribution in [3.05, 3.63) is 28.2 Å². The van der Waals surface area contributed by atoms with Gasteiger partial charge in [-0.15, -0.1) is 0 Å². The van der Waals surface area contributed by atoms with Gasteiger partial charge in [-0.05, 0) is 34.8 Å². The number of hydrogen-bond acceptors (Lipinski definition) is 3. The van der Waals surface area contributed by atoms with Crippen LogP contribution in [0.1, 0.15) is 12.8 Å². The highest BCUT2D eigenvalue weighted by Gasteiger charge is 2.54. The van der Waals surface area contributed by atoms with Crippen molar-refractivity contribution in [2.75, 3.05) is 5.32 Å². The van der Waals surface area contributed by atoms with Crippen molar-refractivity contribution in [2.45, 2.75) is 12.8 Å². The summed E-state index contributed by atoms with van der Waals surface area (Å²) in [5.74, 6) is -2.47. The van der Waals surface area contributed by atoms with Gasteiger partial charge in [0.2, 0.25) is 5.91 Å². The van der Waals surface area contributed by atoms with Gasteiger partial charge in [0, 0.05) is 6.07 Å². The maximum Gasteiger partial charge on any atom is 0.238 e. The van der Waals surface area contributed by atoms with E-state index in [1.807, 2.05) is 0 Å². The van der Waals surface area contributed by atoms with E-state index in [0.29, 0.717) is 18.9 Å². The summed E-state index contributed by atoms with van der Waals surface area (Å²) in [7, 11) is 0. The zero-order valence-electron chi connectivity index (χ0n) is 9.58. The molecular weight excluding hydrogens is 324 g/mol. The number of benzene rings is 1. The quantitative estimate of drug-likeness (QED) is 0.260. The molecule has 102 valence electrons. The van der Waals surface area contributed by atoms with Crippen molar-refractivity contribution in [2.24, 2.45) is 16.3 Å². The molecule has 19 heavy (non-hydrogen) atoms. The molecule has 0 bridgehead atoms. The van der Waals surface area contributed by atoms with Crippen LogP contribution in [0.4, 0.5) is 14.5 Å². The molecule has 0 spiro atoms. The summed E-state index contributed by atoms with van der Waals surface area (Å²) in [6.45, 7) is 0. The van der Waals surface area contributed by atoms with Crippen molar-refractivity contribution in [1.29, 1.82) is 0 Å². The average Bonchev–Trinajstić information content (AvgIpc) is 3.16. The summed E-state index contributed by atoms with van der Waals surface area (Å²) in [5.41, 5.74) is 4.17. The first-order valence-corrected chi connectivity index (χ1v) is 6.14. The minimum atomic E-state index is -1.10. The first-order valence-electron chi connectivity index (χ1n) is 5.35. The molecule has 1 aliphatic carbocycles. The van der Waals surface area contributed by atoms with Gasteiger partial charge in [0.25, 0.3) is 0 Å². The predicted octanol–water partition coefficient (Wildman–Crippen LogP) is 2.19. The van der Waals surface area contributed by atoms with Crippen LogP contribution in [0.2, 0.25) is 0 Å². The van der Waals surface area contributed by atoms with E-state index >= 15 is 0 Å². The van der Waals surface area contributed by atoms with Gasteiger partial charge >= 0.3 is 0 Å². The molecule has 1 aromatic rings. The lowest BCUT2D eigenvalue weighted by atomic mass is 10.1. The third-order valence-electron chi connectivity index (χ3n) is 3.04. The smallest absolute Gasteiger partial charge is 0.238 e. The Kier molecular flexibility index (Phi) is 3.44. The van der Waals surface area contributed by atoms with Crippen LogP contribution in [0.5, 0.6) is 0 Å². The maximum absolute atomic E-state index is 13.5. The third kappa shape index (κ3) is 2.40. The minimum Gasteiger partial charge on any atom is -0.409 e. The predicted molar refractivity (Wildman–Crippen MR) is 67.8 cm³/mol. The highest BCUT2D eigenvalue weighted by atomic mass is 79.9. The summed E-state index contributed by atoms with van der Waals surface area (Å²) < 4.78 is 26.6. The van der Waals surface area contributed by atoms with Gasteiger partial charge in [0.15, 0.2) is 5.84 Å². The fraction of sp³-hybridized carbons (Fsp3) is 0.273. The molecule has 5 nitrogen and oxygen atoms in total. The number of halogens is 3. The number of amidine groups is 1. The number of carbonyl (C=O) groups is 1. The Morgan fingerprint density at radius 1 is 1.42 bits per heavy atom. The topological polar surface area (TPSA) is 87.7 Å². The largest absolute Gasteiger partial charge is 0.409 e. The van der Waals surface area contributed by atoms with E-state index in [4.69, 9.17) is 10.9 Å². The second-order valence-corrected chi connectivity index (χ2v) is 5.12. The number of carbonyl (C=O) groups excluding carboxylic acids is 1. The molecule has 1 fully saturated rings. The van der Waals surface area contributed by atoms with Crippen LogP contribution in [0.3, 0.4) is 0 Å². The Bertz CT molecular complexity index is 573. The van der Waals surface area contributed by atoms with Crippen LogP contribution in [0.25, 0.3) is 0 Å². The number of hydrogen-bond donors (Lipinski definition) is 3. The molecule has 1 amide bonds. The molecule has 4 N–H and O–H groups in total. The second kappa shape index (κ2) is 4.76. The van der Waals surface area contributed by atoms with Gasteiger partial charge in [-0.2, -0.15) is 0 Å². The summed E-state index contributed by atoms with van der Waals surface area (Å²) >= 11 is 2.90. The standard InChI is InChI=1S/C11H10BrF2N3O2/c12-5-3-8(7(14)4-6(5)13)16-10(18)11(1-2-11)9(15)17-19/h3-4,19H,1-2H2,(H2,15,17)(H,16,18). The number of nitrogens with two attached hydrogens (primary N) is 1. The fourth-order valence-electron chi connectivity index (χ4n) is 1.68. The van der Waals surface area contributed by atoms with Gasteiger partial charge in [-0.3, -0.25) is 4.79 Å². The van der Waals surface area contributed by atoms with Crippen molar-refractivity contribution in [1.82, 2.24) is 0 Å². The highest BCUT2D eigenvalue weighted by Crippen LogP contribution is 2.46. The lowest BCUT2D eigenvalue weighted by molar-refractivity contribution is -0.119. The average molecular weight is 334 g/mol. The molecule has 1 aromatic carbocycles. The number of anilines is 1. The number of nitrogens with zero attached hydrogens (tertiary/aromatic N) is 1. The van der Waals surface area contributed by atoms with Gasteiger partial charge < -0.3 is 16.3 Å². The molecule has 0 unspecified atom stereocenters. The Balaban J connectivity index is 2.23. The molecule has 0 aliphatic heterocycles. The van der Waals surface area contributed by atoms with E-state index in [0.717, 1.165) is 6.07 Å². The third-order valence-corrected chi connectivity index (χ3v) is 3.65. The summed E-state index contributed by atoms with van der Waals surface area (Å²) in [4.78, 5) is 12.0. The zero-order chi connectivity index (χ0) is 14.2. The lowest BCUT2D eigenvalue weighted by Gasteiger charge is -2.14. The zero-order valence-corrected chi connectivity index (χ0v) is 11.2. The van der Waals surface area contributed by atoms with E-state index in [1.54, 1.807) is 0 Å². The van der Waals surface area contributed by atoms with Crippen LogP contribution >= 0.6 is 15.9 Å². The molecule has 0 radical (unpaired) electrons. The molecular formula is C11H10BrF2N3O2. The van der Waals surface area contributed by atoms with Crippen molar-refractivity contribution >= 4 is 33.4 Å². The summed E-state index contributed by atoms with van der Waals surface area (Å²) in [5, 5.41) is 13.7. The van der Waals surface area contributed by atoms with Gasteiger partial charge in [-0.1, -0.05) is 5.16 Å². The van der Waals surface area contributed by atoms with Crippen molar-refractivity contribution in [3.8, 4) is 0 Å². The van der Waals surface area contributed by atoms with E-state index in [-0.39, 0.29) is 16.0 Å². The highest BCUT2D eigenvalue weighted by molar-refractivity contribution is 9.10. The van der Waals surface area contributed by atoms with Crippen LogP contribution in [0, 0.1) is 17.0 Å². The number of nitrogens with one attached hydrogen (secondary N) is 1. The van der Waals surface area contributed by atoms with E-state index in [1.165, 1.54) is 0 Å². The van der Waals surface area contributed by atoms with E-state index < -0.39 is 23.0 Å². The van der Waals surface area contributed by atoms with Gasteiger partial charge in [0.1, 0.15) is 17.0 Å². The van der Waals surface area contributed by atoms with E-state index in [9.17, 15) is 13.6 Å². The molecule has 2 rings (SSSR count). The fourth-order valence-corrected chi connectivity index (χ4v) is 2.02. The maximum atomic E-state index is 13.5. The molecule has 0 aromatic heterocycles. The second-order valence-electron chi connectivity index (χ2n) is 4.27. The molecule has 0 atom stereocenters. The van der Waals surface area contributed by atoms with E-state index in [2.05, 4.69) is 26.4 Å². The summed E-state index contributed by atoms with van der Waals surface area (Å²) in [6, 6.07) is 1.77. The minimum absolute atomic E-state index is 0.0258. The van der Waals surface area contributed by atoms with Crippen LogP contribution < -0.4 is 11.1 Å². The molecule has 1 saturated carbocycles. The Morgan fingerprint density at radius 2 is 2.05 bits per heavy atom. The number of rotatable bonds is 3. The SMILES string of the molecule is N/C(=N/O)C1(C(=O)Nc2cc(Br)c(F)cc2F)CC1. The number of oxime groups is 1. The Labute approximate surface area is 115 Å².